The van der Waals surface area contributed by atoms with Gasteiger partial charge in [-0.25, -0.2) is 9.97 Å². The molecule has 19 heavy (non-hydrogen) atoms. The van der Waals surface area contributed by atoms with Crippen LogP contribution in [0.1, 0.15) is 17.8 Å². The second-order valence-corrected chi connectivity index (χ2v) is 4.55. The first-order valence-electron chi connectivity index (χ1n) is 6.06. The van der Waals surface area contributed by atoms with Gasteiger partial charge in [0.25, 0.3) is 0 Å². The molecule has 1 aromatic heterocycles. The molecule has 7 nitrogen and oxygen atoms in total. The van der Waals surface area contributed by atoms with Crippen molar-refractivity contribution >= 4 is 17.8 Å². The maximum atomic E-state index is 11.8. The number of carboxylic acids is 1. The first-order valence-corrected chi connectivity index (χ1v) is 6.06. The molecule has 102 valence electrons. The van der Waals surface area contributed by atoms with E-state index in [0.717, 1.165) is 11.4 Å². The van der Waals surface area contributed by atoms with Crippen molar-refractivity contribution in [3.05, 3.63) is 17.5 Å². The minimum atomic E-state index is -1.02. The summed E-state index contributed by atoms with van der Waals surface area (Å²) in [6.07, 6.45) is -0.262. The Labute approximate surface area is 110 Å². The zero-order chi connectivity index (χ0) is 14.0. The number of carbonyl (C=O) groups is 2. The number of carbonyl (C=O) groups excluding carboxylic acids is 1. The van der Waals surface area contributed by atoms with Gasteiger partial charge in [-0.1, -0.05) is 0 Å². The van der Waals surface area contributed by atoms with E-state index >= 15 is 0 Å². The number of aryl methyl sites for hydroxylation is 2. The fourth-order valence-corrected chi connectivity index (χ4v) is 2.16. The largest absolute Gasteiger partial charge is 0.481 e. The van der Waals surface area contributed by atoms with E-state index in [0.29, 0.717) is 19.0 Å². The number of aliphatic carboxylic acids is 1. The fraction of sp³-hybridized carbons (Fsp3) is 0.500. The summed E-state index contributed by atoms with van der Waals surface area (Å²) in [7, 11) is 0. The highest BCUT2D eigenvalue weighted by molar-refractivity contribution is 5.89. The number of anilines is 1. The Kier molecular flexibility index (Phi) is 3.64. The lowest BCUT2D eigenvalue weighted by molar-refractivity contribution is -0.139. The van der Waals surface area contributed by atoms with Crippen LogP contribution in [0.15, 0.2) is 6.07 Å². The topological polar surface area (TPSA) is 95.4 Å². The summed E-state index contributed by atoms with van der Waals surface area (Å²) < 4.78 is 0. The van der Waals surface area contributed by atoms with Gasteiger partial charge in [-0.15, -0.1) is 0 Å². The van der Waals surface area contributed by atoms with Crippen molar-refractivity contribution in [2.75, 3.05) is 18.0 Å². The number of hydrogen-bond donors (Lipinski definition) is 2. The van der Waals surface area contributed by atoms with Crippen LogP contribution in [0.2, 0.25) is 0 Å². The fourth-order valence-electron chi connectivity index (χ4n) is 2.16. The predicted octanol–water partition coefficient (Wildman–Crippen LogP) is -0.127. The van der Waals surface area contributed by atoms with Gasteiger partial charge in [-0.2, -0.15) is 0 Å². The standard InChI is InChI=1S/C12H16N4O3/c1-7-5-8(2)15-12(14-7)16-4-3-13-11(19)9(16)6-10(17)18/h5,9H,3-4,6H2,1-2H3,(H,13,19)(H,17,18). The smallest absolute Gasteiger partial charge is 0.305 e. The molecule has 7 heteroatoms. The van der Waals surface area contributed by atoms with Crippen molar-refractivity contribution in [1.82, 2.24) is 15.3 Å². The molecule has 1 aliphatic heterocycles. The Balaban J connectivity index is 2.33. The van der Waals surface area contributed by atoms with Crippen molar-refractivity contribution in [3.63, 3.8) is 0 Å². The molecule has 0 aromatic carbocycles. The Hall–Kier alpha value is -2.18. The molecule has 1 aromatic rings. The van der Waals surface area contributed by atoms with Gasteiger partial charge in [0.1, 0.15) is 6.04 Å². The van der Waals surface area contributed by atoms with Crippen molar-refractivity contribution in [2.24, 2.45) is 0 Å². The summed E-state index contributed by atoms with van der Waals surface area (Å²) in [6.45, 7) is 4.65. The number of nitrogens with one attached hydrogen (secondary N) is 1. The first kappa shape index (κ1) is 13.3. The van der Waals surface area contributed by atoms with Gasteiger partial charge in [-0.05, 0) is 19.9 Å². The van der Waals surface area contributed by atoms with Gasteiger partial charge in [0.15, 0.2) is 0 Å². The van der Waals surface area contributed by atoms with Crippen LogP contribution >= 0.6 is 0 Å². The highest BCUT2D eigenvalue weighted by Crippen LogP contribution is 2.17. The summed E-state index contributed by atoms with van der Waals surface area (Å²) >= 11 is 0. The number of amides is 1. The molecule has 1 atom stereocenters. The van der Waals surface area contributed by atoms with Gasteiger partial charge in [0.05, 0.1) is 6.42 Å². The molecule has 1 fully saturated rings. The van der Waals surface area contributed by atoms with Crippen molar-refractivity contribution in [2.45, 2.75) is 26.3 Å². The molecule has 0 saturated carbocycles. The first-order chi connectivity index (χ1) is 8.97. The van der Waals surface area contributed by atoms with Crippen LogP contribution in [-0.4, -0.2) is 46.1 Å². The molecule has 0 aliphatic carbocycles. The van der Waals surface area contributed by atoms with E-state index in [1.807, 2.05) is 19.9 Å². The molecule has 0 spiro atoms. The molecular weight excluding hydrogens is 248 g/mol. The number of rotatable bonds is 3. The van der Waals surface area contributed by atoms with E-state index < -0.39 is 12.0 Å². The maximum absolute atomic E-state index is 11.8. The van der Waals surface area contributed by atoms with Gasteiger partial charge in [0, 0.05) is 24.5 Å². The number of aromatic nitrogens is 2. The van der Waals surface area contributed by atoms with E-state index in [-0.39, 0.29) is 12.3 Å². The molecule has 2 rings (SSSR count). The SMILES string of the molecule is Cc1cc(C)nc(N2CCNC(=O)C2CC(=O)O)n1. The number of carboxylic acid groups (broad SMARTS) is 1. The molecule has 1 aliphatic rings. The number of piperazine rings is 1. The van der Waals surface area contributed by atoms with E-state index in [1.54, 1.807) is 4.90 Å². The Morgan fingerprint density at radius 2 is 2.11 bits per heavy atom. The predicted molar refractivity (Wildman–Crippen MR) is 67.9 cm³/mol. The van der Waals surface area contributed by atoms with Crippen LogP contribution < -0.4 is 10.2 Å². The third-order valence-electron chi connectivity index (χ3n) is 2.93. The van der Waals surface area contributed by atoms with Crippen LogP contribution in [0.4, 0.5) is 5.95 Å². The summed E-state index contributed by atoms with van der Waals surface area (Å²) in [6, 6.07) is 1.08. The Morgan fingerprint density at radius 3 is 2.68 bits per heavy atom. The van der Waals surface area contributed by atoms with Gasteiger partial charge in [0.2, 0.25) is 11.9 Å². The molecule has 1 unspecified atom stereocenters. The molecule has 2 N–H and O–H groups in total. The second kappa shape index (κ2) is 5.21. The zero-order valence-corrected chi connectivity index (χ0v) is 10.9. The van der Waals surface area contributed by atoms with E-state index in [4.69, 9.17) is 5.11 Å². The quantitative estimate of drug-likeness (QED) is 0.789. The number of nitrogens with zero attached hydrogens (tertiary/aromatic N) is 3. The van der Waals surface area contributed by atoms with Crippen LogP contribution in [0, 0.1) is 13.8 Å². The number of hydrogen-bond acceptors (Lipinski definition) is 5. The van der Waals surface area contributed by atoms with Crippen LogP contribution in [-0.2, 0) is 9.59 Å². The van der Waals surface area contributed by atoms with Crippen LogP contribution in [0.25, 0.3) is 0 Å². The summed E-state index contributed by atoms with van der Waals surface area (Å²) in [5.41, 5.74) is 1.59. The van der Waals surface area contributed by atoms with Crippen molar-refractivity contribution < 1.29 is 14.7 Å². The molecular formula is C12H16N4O3. The average molecular weight is 264 g/mol. The molecule has 0 bridgehead atoms. The molecule has 1 amide bonds. The lowest BCUT2D eigenvalue weighted by Gasteiger charge is -2.34. The third kappa shape index (κ3) is 2.98. The van der Waals surface area contributed by atoms with Crippen LogP contribution in [0.3, 0.4) is 0 Å². The summed E-state index contributed by atoms with van der Waals surface area (Å²) in [5, 5.41) is 11.6. The van der Waals surface area contributed by atoms with E-state index in [2.05, 4.69) is 15.3 Å². The molecule has 2 heterocycles. The van der Waals surface area contributed by atoms with Gasteiger partial charge in [-0.3, -0.25) is 9.59 Å². The lowest BCUT2D eigenvalue weighted by atomic mass is 10.1. The normalized spacial score (nSPS) is 19.2. The summed E-state index contributed by atoms with van der Waals surface area (Å²) in [5.74, 6) is -0.897. The Morgan fingerprint density at radius 1 is 1.47 bits per heavy atom. The van der Waals surface area contributed by atoms with E-state index in [1.165, 1.54) is 0 Å². The summed E-state index contributed by atoms with van der Waals surface area (Å²) in [4.78, 5) is 32.9. The molecule has 1 saturated heterocycles. The Bertz CT molecular complexity index is 497. The minimum absolute atomic E-state index is 0.262. The second-order valence-electron chi connectivity index (χ2n) is 4.55. The molecule has 0 radical (unpaired) electrons. The van der Waals surface area contributed by atoms with E-state index in [9.17, 15) is 9.59 Å². The average Bonchev–Trinajstić information content (AvgIpc) is 2.30. The van der Waals surface area contributed by atoms with Crippen molar-refractivity contribution in [1.29, 1.82) is 0 Å². The van der Waals surface area contributed by atoms with Crippen molar-refractivity contribution in [3.8, 4) is 0 Å². The van der Waals surface area contributed by atoms with Gasteiger partial charge < -0.3 is 15.3 Å². The zero-order valence-electron chi connectivity index (χ0n) is 10.9. The maximum Gasteiger partial charge on any atom is 0.305 e. The lowest BCUT2D eigenvalue weighted by Crippen LogP contribution is -2.56. The van der Waals surface area contributed by atoms with Crippen LogP contribution in [0.5, 0.6) is 0 Å². The highest BCUT2D eigenvalue weighted by atomic mass is 16.4. The third-order valence-corrected chi connectivity index (χ3v) is 2.93. The van der Waals surface area contributed by atoms with Gasteiger partial charge >= 0.3 is 5.97 Å². The highest BCUT2D eigenvalue weighted by Gasteiger charge is 2.33. The monoisotopic (exact) mass is 264 g/mol. The minimum Gasteiger partial charge on any atom is -0.481 e.